The highest BCUT2D eigenvalue weighted by molar-refractivity contribution is 5.75. The van der Waals surface area contributed by atoms with Crippen molar-refractivity contribution < 1.29 is 9.90 Å². The van der Waals surface area contributed by atoms with E-state index in [1.807, 2.05) is 0 Å². The fourth-order valence-corrected chi connectivity index (χ4v) is 2.33. The van der Waals surface area contributed by atoms with Gasteiger partial charge in [0.1, 0.15) is 0 Å². The van der Waals surface area contributed by atoms with E-state index in [9.17, 15) is 4.79 Å². The molecule has 0 atom stereocenters. The summed E-state index contributed by atoms with van der Waals surface area (Å²) in [6, 6.07) is 0. The lowest BCUT2D eigenvalue weighted by atomic mass is 10.1. The molecule has 0 aliphatic rings. The quantitative estimate of drug-likeness (QED) is 0.257. The molecule has 0 unspecified atom stereocenters. The van der Waals surface area contributed by atoms with Gasteiger partial charge in [0, 0.05) is 6.42 Å². The van der Waals surface area contributed by atoms with Crippen LogP contribution in [0.2, 0.25) is 0 Å². The lowest BCUT2D eigenvalue weighted by Crippen LogP contribution is -1.93. The van der Waals surface area contributed by atoms with Crippen LogP contribution in [0, 0.1) is 0 Å². The van der Waals surface area contributed by atoms with E-state index in [2.05, 4.69) is 19.1 Å². The summed E-state index contributed by atoms with van der Waals surface area (Å²) in [5.74, 6) is -0.659. The van der Waals surface area contributed by atoms with Crippen molar-refractivity contribution in [2.45, 2.75) is 96.8 Å². The third-order valence-electron chi connectivity index (χ3n) is 3.65. The second-order valence-corrected chi connectivity index (χ2v) is 5.73. The number of aliphatic carboxylic acids is 1. The maximum atomic E-state index is 10.3. The zero-order chi connectivity index (χ0) is 14.9. The van der Waals surface area contributed by atoms with Gasteiger partial charge in [0.15, 0.2) is 0 Å². The number of hydrogen-bond acceptors (Lipinski definition) is 1. The van der Waals surface area contributed by atoms with E-state index in [1.54, 1.807) is 0 Å². The van der Waals surface area contributed by atoms with Gasteiger partial charge in [-0.25, -0.2) is 0 Å². The maximum absolute atomic E-state index is 10.3. The van der Waals surface area contributed by atoms with Crippen molar-refractivity contribution in [2.75, 3.05) is 0 Å². The van der Waals surface area contributed by atoms with Crippen LogP contribution in [-0.4, -0.2) is 34.1 Å². The van der Waals surface area contributed by atoms with Crippen molar-refractivity contribution in [1.82, 2.24) is 0 Å². The molecule has 0 amide bonds. The third-order valence-corrected chi connectivity index (χ3v) is 3.65. The van der Waals surface area contributed by atoms with E-state index in [0.29, 0.717) is 6.42 Å². The van der Waals surface area contributed by atoms with E-state index in [1.165, 1.54) is 70.6 Å². The molecule has 0 aromatic rings. The third kappa shape index (κ3) is 22.4. The molecule has 0 fully saturated rings. The summed E-state index contributed by atoms with van der Waals surface area (Å²) in [6.07, 6.45) is 21.2. The number of carboxylic acids is 1. The molecule has 1 N–H and O–H groups in total. The first-order chi connectivity index (χ1) is 9.77. The zero-order valence-corrected chi connectivity index (χ0v) is 13.4. The van der Waals surface area contributed by atoms with Crippen LogP contribution in [-0.2, 0) is 4.79 Å². The summed E-state index contributed by atoms with van der Waals surface area (Å²) in [5, 5.41) is 8.51. The van der Waals surface area contributed by atoms with Crippen LogP contribution in [0.4, 0.5) is 0 Å². The number of hydrogen-bond donors (Lipinski definition) is 1. The normalized spacial score (nSPS) is 10.7. The average molecular weight is 309 g/mol. The minimum Gasteiger partial charge on any atom is -0.481 e. The highest BCUT2D eigenvalue weighted by Crippen LogP contribution is 2.11. The van der Waals surface area contributed by atoms with Crippen LogP contribution in [0.1, 0.15) is 96.8 Å². The fraction of sp³-hybridized carbons (Fsp3) is 0.833. The van der Waals surface area contributed by atoms with Gasteiger partial charge in [-0.3, -0.25) is 4.79 Å². The Kier molecular flexibility index (Phi) is 22.1. The lowest BCUT2D eigenvalue weighted by Gasteiger charge is -2.01. The van der Waals surface area contributed by atoms with Gasteiger partial charge in [0.25, 0.3) is 0 Å². The van der Waals surface area contributed by atoms with Crippen molar-refractivity contribution in [1.29, 1.82) is 0 Å². The molecular formula is C18H36MgO2. The largest absolute Gasteiger partial charge is 0.481 e. The highest BCUT2D eigenvalue weighted by Gasteiger charge is 1.96. The predicted molar refractivity (Wildman–Crippen MR) is 95.6 cm³/mol. The molecule has 0 bridgehead atoms. The van der Waals surface area contributed by atoms with Gasteiger partial charge in [-0.05, 0) is 25.7 Å². The number of unbranched alkanes of at least 4 members (excludes halogenated alkanes) is 11. The van der Waals surface area contributed by atoms with Crippen molar-refractivity contribution >= 4 is 29.0 Å². The van der Waals surface area contributed by atoms with Crippen LogP contribution in [0.5, 0.6) is 0 Å². The summed E-state index contributed by atoms with van der Waals surface area (Å²) in [5.41, 5.74) is 0. The summed E-state index contributed by atoms with van der Waals surface area (Å²) in [7, 11) is 0. The molecule has 0 saturated heterocycles. The van der Waals surface area contributed by atoms with E-state index in [0.717, 1.165) is 12.8 Å². The van der Waals surface area contributed by atoms with E-state index in [-0.39, 0.29) is 23.1 Å². The predicted octanol–water partition coefficient (Wildman–Crippen LogP) is 5.19. The summed E-state index contributed by atoms with van der Waals surface area (Å²) in [4.78, 5) is 10.3. The molecule has 0 radical (unpaired) electrons. The Morgan fingerprint density at radius 3 is 1.67 bits per heavy atom. The number of carbonyl (C=O) groups is 1. The van der Waals surface area contributed by atoms with Crippen molar-refractivity contribution in [3.05, 3.63) is 12.2 Å². The monoisotopic (exact) mass is 308 g/mol. The Hall–Kier alpha value is -0.0238. The van der Waals surface area contributed by atoms with E-state index >= 15 is 0 Å². The molecule has 0 heterocycles. The van der Waals surface area contributed by atoms with E-state index < -0.39 is 5.97 Å². The van der Waals surface area contributed by atoms with Gasteiger partial charge < -0.3 is 5.11 Å². The first-order valence-electron chi connectivity index (χ1n) is 8.64. The number of carboxylic acid groups (broad SMARTS) is 1. The molecule has 0 aliphatic heterocycles. The minimum atomic E-state index is -0.659. The summed E-state index contributed by atoms with van der Waals surface area (Å²) >= 11 is 0. The smallest absolute Gasteiger partial charge is 0.316 e. The molecule has 3 heteroatoms. The topological polar surface area (TPSA) is 37.3 Å². The lowest BCUT2D eigenvalue weighted by molar-refractivity contribution is -0.137. The fourth-order valence-electron chi connectivity index (χ4n) is 2.33. The Morgan fingerprint density at radius 2 is 1.19 bits per heavy atom. The zero-order valence-electron chi connectivity index (χ0n) is 13.4. The first-order valence-corrected chi connectivity index (χ1v) is 8.64. The molecule has 0 aliphatic carbocycles. The van der Waals surface area contributed by atoms with Crippen LogP contribution >= 0.6 is 0 Å². The molecular weight excluding hydrogens is 273 g/mol. The van der Waals surface area contributed by atoms with Crippen molar-refractivity contribution in [3.63, 3.8) is 0 Å². The molecule has 0 rings (SSSR count). The van der Waals surface area contributed by atoms with Gasteiger partial charge in [0.2, 0.25) is 0 Å². The second kappa shape index (κ2) is 20.0. The van der Waals surface area contributed by atoms with Gasteiger partial charge in [0.05, 0.1) is 0 Å². The molecule has 0 aromatic carbocycles. The molecule has 21 heavy (non-hydrogen) atoms. The van der Waals surface area contributed by atoms with Gasteiger partial charge in [-0.1, -0.05) is 76.9 Å². The SMILES string of the molecule is CCCCC=CCCCCCCCCCCCC(=O)O.[MgH2]. The Balaban J connectivity index is 0. The highest BCUT2D eigenvalue weighted by atomic mass is 24.3. The second-order valence-electron chi connectivity index (χ2n) is 5.73. The van der Waals surface area contributed by atoms with Crippen LogP contribution in [0.15, 0.2) is 12.2 Å². The molecule has 2 nitrogen and oxygen atoms in total. The average Bonchev–Trinajstić information content (AvgIpc) is 2.43. The van der Waals surface area contributed by atoms with Gasteiger partial charge in [-0.15, -0.1) is 0 Å². The van der Waals surface area contributed by atoms with Crippen LogP contribution < -0.4 is 0 Å². The minimum absolute atomic E-state index is 0. The van der Waals surface area contributed by atoms with Crippen LogP contribution in [0.3, 0.4) is 0 Å². The number of rotatable bonds is 15. The first kappa shape index (κ1) is 23.2. The summed E-state index contributed by atoms with van der Waals surface area (Å²) < 4.78 is 0. The van der Waals surface area contributed by atoms with Gasteiger partial charge >= 0.3 is 29.0 Å². The van der Waals surface area contributed by atoms with Crippen molar-refractivity contribution in [3.8, 4) is 0 Å². The van der Waals surface area contributed by atoms with Gasteiger partial charge in [-0.2, -0.15) is 0 Å². The Bertz CT molecular complexity index is 239. The Morgan fingerprint density at radius 1 is 0.762 bits per heavy atom. The van der Waals surface area contributed by atoms with E-state index in [4.69, 9.17) is 5.11 Å². The maximum Gasteiger partial charge on any atom is 0.316 e. The molecule has 122 valence electrons. The molecule has 0 spiro atoms. The number of allylic oxidation sites excluding steroid dienone is 2. The standard InChI is InChI=1S/C18H34O2.Mg.2H/c1-2-3-4-5-6-7-8-9-10-11-12-13-14-15-16-17-18(19)20;;;/h5-6H,2-4,7-17H2,1H3,(H,19,20);;;. The summed E-state index contributed by atoms with van der Waals surface area (Å²) in [6.45, 7) is 2.24. The van der Waals surface area contributed by atoms with Crippen molar-refractivity contribution in [2.24, 2.45) is 0 Å². The Labute approximate surface area is 147 Å². The molecule has 0 saturated carbocycles. The molecule has 0 aromatic heterocycles. The van der Waals surface area contributed by atoms with Crippen LogP contribution in [0.25, 0.3) is 0 Å².